The third-order valence-corrected chi connectivity index (χ3v) is 4.52. The highest BCUT2D eigenvalue weighted by Gasteiger charge is 2.32. The van der Waals surface area contributed by atoms with Gasteiger partial charge in [0, 0.05) is 16.7 Å². The van der Waals surface area contributed by atoms with Crippen molar-refractivity contribution in [1.29, 1.82) is 10.5 Å². The van der Waals surface area contributed by atoms with E-state index in [9.17, 15) is 15.3 Å². The van der Waals surface area contributed by atoms with Crippen molar-refractivity contribution in [1.82, 2.24) is 0 Å². The number of allylic oxidation sites excluding steroid dienone is 3. The van der Waals surface area contributed by atoms with E-state index in [2.05, 4.69) is 20.8 Å². The third-order valence-electron chi connectivity index (χ3n) is 4.52. The standard InChI is InChI=1S/C23H18N2O/c1-23(2,3)17-10-8-15(9-11-17)12-20-21(16(13-24)14-25)18-6-4-5-7-19(18)22(20)26/h4-12H,1-3H3/b20-12-. The van der Waals surface area contributed by atoms with Crippen LogP contribution < -0.4 is 0 Å². The lowest BCUT2D eigenvalue weighted by Gasteiger charge is -2.18. The van der Waals surface area contributed by atoms with Crippen molar-refractivity contribution in [3.8, 4) is 12.1 Å². The molecular formula is C23H18N2O. The van der Waals surface area contributed by atoms with Crippen molar-refractivity contribution >= 4 is 17.4 Å². The predicted octanol–water partition coefficient (Wildman–Crippen LogP) is 5.06. The molecule has 3 nitrogen and oxygen atoms in total. The molecule has 2 aromatic rings. The molecule has 126 valence electrons. The second-order valence-corrected chi connectivity index (χ2v) is 7.28. The molecule has 0 spiro atoms. The van der Waals surface area contributed by atoms with Crippen LogP contribution in [0.15, 0.2) is 59.7 Å². The molecule has 3 heteroatoms. The Morgan fingerprint density at radius 2 is 1.50 bits per heavy atom. The molecule has 0 saturated heterocycles. The lowest BCUT2D eigenvalue weighted by molar-refractivity contribution is 0.104. The van der Waals surface area contributed by atoms with Crippen molar-refractivity contribution in [2.45, 2.75) is 26.2 Å². The van der Waals surface area contributed by atoms with Gasteiger partial charge in [0.2, 0.25) is 0 Å². The number of fused-ring (bicyclic) bond motifs is 1. The number of rotatable bonds is 1. The van der Waals surface area contributed by atoms with Gasteiger partial charge in [0.25, 0.3) is 0 Å². The highest BCUT2D eigenvalue weighted by atomic mass is 16.1. The summed E-state index contributed by atoms with van der Waals surface area (Å²) in [5, 5.41) is 18.7. The van der Waals surface area contributed by atoms with Gasteiger partial charge in [-0.15, -0.1) is 0 Å². The molecule has 1 aliphatic rings. The Bertz CT molecular complexity index is 1020. The van der Waals surface area contributed by atoms with Gasteiger partial charge in [-0.25, -0.2) is 0 Å². The van der Waals surface area contributed by atoms with Gasteiger partial charge in [0.1, 0.15) is 17.7 Å². The van der Waals surface area contributed by atoms with Crippen LogP contribution in [-0.4, -0.2) is 5.78 Å². The third kappa shape index (κ3) is 2.96. The van der Waals surface area contributed by atoms with Gasteiger partial charge in [0.15, 0.2) is 5.78 Å². The largest absolute Gasteiger partial charge is 0.289 e. The number of benzene rings is 2. The van der Waals surface area contributed by atoms with Crippen LogP contribution in [0.4, 0.5) is 0 Å². The topological polar surface area (TPSA) is 64.7 Å². The molecule has 0 saturated carbocycles. The van der Waals surface area contributed by atoms with Gasteiger partial charge in [-0.3, -0.25) is 4.79 Å². The summed E-state index contributed by atoms with van der Waals surface area (Å²) in [6.07, 6.45) is 1.76. The summed E-state index contributed by atoms with van der Waals surface area (Å²) in [5.74, 6) is -0.154. The average Bonchev–Trinajstić information content (AvgIpc) is 2.89. The molecule has 0 fully saturated rings. The van der Waals surface area contributed by atoms with Gasteiger partial charge in [0.05, 0.1) is 0 Å². The predicted molar refractivity (Wildman–Crippen MR) is 102 cm³/mol. The zero-order valence-electron chi connectivity index (χ0n) is 15.0. The first-order chi connectivity index (χ1) is 12.4. The molecular weight excluding hydrogens is 320 g/mol. The number of ketones is 1. The summed E-state index contributed by atoms with van der Waals surface area (Å²) in [6, 6.07) is 18.9. The van der Waals surface area contributed by atoms with Crippen LogP contribution in [0.3, 0.4) is 0 Å². The van der Waals surface area contributed by atoms with Crippen LogP contribution in [0, 0.1) is 22.7 Å². The summed E-state index contributed by atoms with van der Waals surface area (Å²) in [7, 11) is 0. The number of nitrogens with zero attached hydrogens (tertiary/aromatic N) is 2. The van der Waals surface area contributed by atoms with Crippen LogP contribution in [0.2, 0.25) is 0 Å². The number of nitriles is 2. The number of carbonyl (C=O) groups is 1. The minimum atomic E-state index is -0.154. The summed E-state index contributed by atoms with van der Waals surface area (Å²) in [4.78, 5) is 12.9. The fourth-order valence-corrected chi connectivity index (χ4v) is 3.09. The van der Waals surface area contributed by atoms with E-state index in [1.165, 1.54) is 5.56 Å². The number of hydrogen-bond acceptors (Lipinski definition) is 3. The number of hydrogen-bond donors (Lipinski definition) is 0. The van der Waals surface area contributed by atoms with Gasteiger partial charge in [-0.05, 0) is 28.2 Å². The fraction of sp³-hybridized carbons (Fsp3) is 0.174. The average molecular weight is 338 g/mol. The van der Waals surface area contributed by atoms with Crippen LogP contribution in [0.25, 0.3) is 11.6 Å². The minimum Gasteiger partial charge on any atom is -0.289 e. The van der Waals surface area contributed by atoms with Gasteiger partial charge in [-0.2, -0.15) is 10.5 Å². The van der Waals surface area contributed by atoms with Gasteiger partial charge < -0.3 is 0 Å². The SMILES string of the molecule is CC(C)(C)c1ccc(/C=C2\C(=O)c3ccccc3C2=C(C#N)C#N)cc1. The highest BCUT2D eigenvalue weighted by Crippen LogP contribution is 2.39. The van der Waals surface area contributed by atoms with Crippen LogP contribution in [-0.2, 0) is 5.41 Å². The summed E-state index contributed by atoms with van der Waals surface area (Å²) in [5.41, 5.74) is 4.07. The molecule has 0 amide bonds. The van der Waals surface area contributed by atoms with E-state index in [4.69, 9.17) is 0 Å². The molecule has 0 N–H and O–H groups in total. The maximum Gasteiger partial charge on any atom is 0.194 e. The molecule has 2 aromatic carbocycles. The lowest BCUT2D eigenvalue weighted by atomic mass is 9.86. The van der Waals surface area contributed by atoms with Crippen LogP contribution in [0.5, 0.6) is 0 Å². The van der Waals surface area contributed by atoms with Crippen LogP contribution >= 0.6 is 0 Å². The Labute approximate surface area is 153 Å². The first-order valence-electron chi connectivity index (χ1n) is 8.38. The van der Waals surface area contributed by atoms with Gasteiger partial charge >= 0.3 is 0 Å². The molecule has 0 bridgehead atoms. The smallest absolute Gasteiger partial charge is 0.194 e. The first-order valence-corrected chi connectivity index (χ1v) is 8.38. The van der Waals surface area contributed by atoms with Crippen LogP contribution in [0.1, 0.15) is 47.8 Å². The molecule has 0 heterocycles. The van der Waals surface area contributed by atoms with E-state index in [-0.39, 0.29) is 16.8 Å². The number of Topliss-reactive ketones (excluding diaryl/α,β-unsaturated/α-hetero) is 1. The molecule has 3 rings (SSSR count). The maximum absolute atomic E-state index is 12.9. The molecule has 0 aromatic heterocycles. The number of carbonyl (C=O) groups excluding carboxylic acids is 1. The van der Waals surface area contributed by atoms with Crippen molar-refractivity contribution in [2.24, 2.45) is 0 Å². The summed E-state index contributed by atoms with van der Waals surface area (Å²) < 4.78 is 0. The Kier molecular flexibility index (Phi) is 4.33. The van der Waals surface area contributed by atoms with E-state index >= 15 is 0 Å². The second-order valence-electron chi connectivity index (χ2n) is 7.28. The zero-order chi connectivity index (χ0) is 18.9. The van der Waals surface area contributed by atoms with Crippen molar-refractivity contribution in [3.63, 3.8) is 0 Å². The van der Waals surface area contributed by atoms with E-state index in [0.29, 0.717) is 22.3 Å². The normalized spacial score (nSPS) is 14.7. The van der Waals surface area contributed by atoms with Crippen molar-refractivity contribution in [2.75, 3.05) is 0 Å². The van der Waals surface area contributed by atoms with E-state index < -0.39 is 0 Å². The van der Waals surface area contributed by atoms with E-state index in [1.807, 2.05) is 36.4 Å². The Morgan fingerprint density at radius 1 is 0.923 bits per heavy atom. The Hall–Kier alpha value is -3.43. The maximum atomic E-state index is 12.9. The van der Waals surface area contributed by atoms with E-state index in [1.54, 1.807) is 30.3 Å². The zero-order valence-corrected chi connectivity index (χ0v) is 15.0. The summed E-state index contributed by atoms with van der Waals surface area (Å²) >= 11 is 0. The molecule has 1 aliphatic carbocycles. The van der Waals surface area contributed by atoms with Crippen molar-refractivity contribution < 1.29 is 4.79 Å². The minimum absolute atomic E-state index is 0.0409. The molecule has 0 radical (unpaired) electrons. The molecule has 0 aliphatic heterocycles. The van der Waals surface area contributed by atoms with Gasteiger partial charge in [-0.1, -0.05) is 69.3 Å². The highest BCUT2D eigenvalue weighted by molar-refractivity contribution is 6.29. The Morgan fingerprint density at radius 3 is 2.04 bits per heavy atom. The molecule has 0 unspecified atom stereocenters. The first kappa shape index (κ1) is 17.4. The summed E-state index contributed by atoms with van der Waals surface area (Å²) in [6.45, 7) is 6.43. The lowest BCUT2D eigenvalue weighted by Crippen LogP contribution is -2.10. The Balaban J connectivity index is 2.16. The van der Waals surface area contributed by atoms with Crippen molar-refractivity contribution in [3.05, 3.63) is 81.9 Å². The molecule has 0 atom stereocenters. The molecule has 26 heavy (non-hydrogen) atoms. The second kappa shape index (κ2) is 6.47. The quantitative estimate of drug-likeness (QED) is 0.539. The van der Waals surface area contributed by atoms with E-state index in [0.717, 1.165) is 5.56 Å². The fourth-order valence-electron chi connectivity index (χ4n) is 3.09. The monoisotopic (exact) mass is 338 g/mol.